The van der Waals surface area contributed by atoms with Gasteiger partial charge in [0.2, 0.25) is 0 Å². The fourth-order valence-corrected chi connectivity index (χ4v) is 4.37. The SMILES string of the molecule is CC1(C)CC(C(=N)c2c(F)cccc2NC(=O)c2c(Cl)cccc2C(F)(F)F)=CCC1C(=O)O. The first-order valence-electron chi connectivity index (χ1n) is 10.2. The van der Waals surface area contributed by atoms with E-state index in [4.69, 9.17) is 17.0 Å². The van der Waals surface area contributed by atoms with Crippen LogP contribution in [0, 0.1) is 22.6 Å². The van der Waals surface area contributed by atoms with Gasteiger partial charge in [0, 0.05) is 0 Å². The number of allylic oxidation sites excluding steroid dienone is 2. The van der Waals surface area contributed by atoms with Crippen molar-refractivity contribution in [2.24, 2.45) is 11.3 Å². The first-order valence-corrected chi connectivity index (χ1v) is 10.6. The molecule has 3 rings (SSSR count). The molecule has 0 saturated heterocycles. The number of carbonyl (C=O) groups excluding carboxylic acids is 1. The third-order valence-corrected chi connectivity index (χ3v) is 6.18. The highest BCUT2D eigenvalue weighted by Gasteiger charge is 2.39. The number of carbonyl (C=O) groups is 2. The second kappa shape index (κ2) is 9.21. The maximum atomic E-state index is 14.8. The molecule has 1 atom stereocenters. The maximum absolute atomic E-state index is 14.8. The molecule has 0 aromatic heterocycles. The molecule has 1 aliphatic rings. The van der Waals surface area contributed by atoms with Crippen molar-refractivity contribution in [1.82, 2.24) is 0 Å². The number of aliphatic carboxylic acids is 1. The average molecular weight is 497 g/mol. The van der Waals surface area contributed by atoms with E-state index in [9.17, 15) is 32.3 Å². The van der Waals surface area contributed by atoms with Gasteiger partial charge in [0.15, 0.2) is 0 Å². The van der Waals surface area contributed by atoms with Crippen molar-refractivity contribution in [2.45, 2.75) is 32.9 Å². The lowest BCUT2D eigenvalue weighted by molar-refractivity contribution is -0.146. The Labute approximate surface area is 197 Å². The highest BCUT2D eigenvalue weighted by Crippen LogP contribution is 2.42. The normalized spacial score (nSPS) is 17.6. The molecule has 0 bridgehead atoms. The highest BCUT2D eigenvalue weighted by atomic mass is 35.5. The number of halogens is 5. The van der Waals surface area contributed by atoms with Gasteiger partial charge in [-0.2, -0.15) is 13.2 Å². The van der Waals surface area contributed by atoms with Gasteiger partial charge in [-0.25, -0.2) is 4.39 Å². The Morgan fingerprint density at radius 3 is 2.38 bits per heavy atom. The molecule has 0 fully saturated rings. The number of hydrogen-bond donors (Lipinski definition) is 3. The Kier molecular flexibility index (Phi) is 6.89. The van der Waals surface area contributed by atoms with E-state index in [1.54, 1.807) is 19.9 Å². The lowest BCUT2D eigenvalue weighted by Crippen LogP contribution is -2.35. The summed E-state index contributed by atoms with van der Waals surface area (Å²) in [4.78, 5) is 24.3. The van der Waals surface area contributed by atoms with Crippen LogP contribution >= 0.6 is 11.6 Å². The van der Waals surface area contributed by atoms with Crippen LogP contribution in [0.15, 0.2) is 48.0 Å². The van der Waals surface area contributed by atoms with Gasteiger partial charge >= 0.3 is 12.1 Å². The smallest absolute Gasteiger partial charge is 0.417 e. The van der Waals surface area contributed by atoms with E-state index >= 15 is 0 Å². The van der Waals surface area contributed by atoms with Gasteiger partial charge < -0.3 is 10.4 Å². The Hall–Kier alpha value is -3.20. The summed E-state index contributed by atoms with van der Waals surface area (Å²) in [7, 11) is 0. The van der Waals surface area contributed by atoms with Gasteiger partial charge in [0.05, 0.1) is 39.0 Å². The summed E-state index contributed by atoms with van der Waals surface area (Å²) < 4.78 is 55.1. The molecule has 1 aliphatic carbocycles. The fourth-order valence-electron chi connectivity index (χ4n) is 4.11. The Balaban J connectivity index is 2.00. The van der Waals surface area contributed by atoms with Gasteiger partial charge in [-0.05, 0) is 48.1 Å². The number of carboxylic acids is 1. The number of rotatable bonds is 5. The largest absolute Gasteiger partial charge is 0.481 e. The van der Waals surface area contributed by atoms with Crippen molar-refractivity contribution in [3.8, 4) is 0 Å². The molecule has 0 radical (unpaired) electrons. The monoisotopic (exact) mass is 496 g/mol. The van der Waals surface area contributed by atoms with Gasteiger partial charge in [0.25, 0.3) is 5.91 Å². The van der Waals surface area contributed by atoms with E-state index in [-0.39, 0.29) is 29.8 Å². The van der Waals surface area contributed by atoms with Crippen molar-refractivity contribution in [1.29, 1.82) is 5.41 Å². The lowest BCUT2D eigenvalue weighted by Gasteiger charge is -2.36. The molecular weight excluding hydrogens is 476 g/mol. The molecule has 34 heavy (non-hydrogen) atoms. The average Bonchev–Trinajstić information content (AvgIpc) is 2.71. The summed E-state index contributed by atoms with van der Waals surface area (Å²) >= 11 is 5.89. The quantitative estimate of drug-likeness (QED) is 0.323. The number of nitrogens with one attached hydrogen (secondary N) is 2. The fraction of sp³-hybridized carbons (Fsp3) is 0.292. The summed E-state index contributed by atoms with van der Waals surface area (Å²) in [5.41, 5.74) is -3.23. The molecule has 0 spiro atoms. The second-order valence-electron chi connectivity index (χ2n) is 8.67. The van der Waals surface area contributed by atoms with Crippen molar-refractivity contribution in [2.75, 3.05) is 5.32 Å². The zero-order valence-corrected chi connectivity index (χ0v) is 18.9. The first-order chi connectivity index (χ1) is 15.7. The number of amides is 1. The van der Waals surface area contributed by atoms with Crippen LogP contribution in [0.25, 0.3) is 0 Å². The summed E-state index contributed by atoms with van der Waals surface area (Å²) in [6.45, 7) is 3.46. The predicted octanol–water partition coefficient (Wildman–Crippen LogP) is 6.57. The van der Waals surface area contributed by atoms with E-state index < -0.39 is 51.4 Å². The third-order valence-electron chi connectivity index (χ3n) is 5.87. The second-order valence-corrected chi connectivity index (χ2v) is 9.08. The van der Waals surface area contributed by atoms with Crippen LogP contribution in [0.4, 0.5) is 23.2 Å². The van der Waals surface area contributed by atoms with E-state index in [0.717, 1.165) is 18.2 Å². The molecule has 0 saturated carbocycles. The molecule has 0 aliphatic heterocycles. The number of hydrogen-bond acceptors (Lipinski definition) is 3. The lowest BCUT2D eigenvalue weighted by atomic mass is 9.68. The molecule has 1 unspecified atom stereocenters. The van der Waals surface area contributed by atoms with Gasteiger partial charge in [0.1, 0.15) is 5.82 Å². The minimum absolute atomic E-state index is 0.130. The van der Waals surface area contributed by atoms with Crippen LogP contribution in [0.1, 0.15) is 48.2 Å². The Morgan fingerprint density at radius 1 is 1.15 bits per heavy atom. The summed E-state index contributed by atoms with van der Waals surface area (Å²) in [6.07, 6.45) is -3.02. The number of anilines is 1. The Bertz CT molecular complexity index is 1210. The molecule has 3 N–H and O–H groups in total. The minimum Gasteiger partial charge on any atom is -0.481 e. The topological polar surface area (TPSA) is 90.3 Å². The standard InChI is InChI=1S/C24H21ClF4N2O3/c1-23(2)11-12(9-10-14(23)22(33)34)20(30)19-16(26)7-4-8-17(19)31-21(32)18-13(24(27,28)29)5-3-6-15(18)25/h3-9,14,30H,10-11H2,1-2H3,(H,31,32)(H,33,34). The van der Waals surface area contributed by atoms with Crippen LogP contribution in [-0.4, -0.2) is 22.7 Å². The third kappa shape index (κ3) is 4.99. The summed E-state index contributed by atoms with van der Waals surface area (Å²) in [5.74, 6) is -3.74. The van der Waals surface area contributed by atoms with Crippen LogP contribution in [0.5, 0.6) is 0 Å². The predicted molar refractivity (Wildman–Crippen MR) is 120 cm³/mol. The Morgan fingerprint density at radius 2 is 1.79 bits per heavy atom. The molecule has 1 amide bonds. The van der Waals surface area contributed by atoms with E-state index in [1.807, 2.05) is 0 Å². The number of carboxylic acid groups (broad SMARTS) is 1. The van der Waals surface area contributed by atoms with Gasteiger partial charge in [-0.15, -0.1) is 0 Å². The molecule has 10 heteroatoms. The van der Waals surface area contributed by atoms with Gasteiger partial charge in [-0.3, -0.25) is 15.0 Å². The van der Waals surface area contributed by atoms with Crippen molar-refractivity contribution in [3.05, 3.63) is 75.6 Å². The highest BCUT2D eigenvalue weighted by molar-refractivity contribution is 6.34. The van der Waals surface area contributed by atoms with Crippen molar-refractivity contribution in [3.63, 3.8) is 0 Å². The van der Waals surface area contributed by atoms with E-state index in [0.29, 0.717) is 11.6 Å². The molecule has 2 aromatic carbocycles. The maximum Gasteiger partial charge on any atom is 0.417 e. The van der Waals surface area contributed by atoms with Crippen molar-refractivity contribution >= 4 is 34.9 Å². The minimum atomic E-state index is -4.85. The zero-order valence-electron chi connectivity index (χ0n) is 18.2. The van der Waals surface area contributed by atoms with Crippen molar-refractivity contribution < 1.29 is 32.3 Å². The summed E-state index contributed by atoms with van der Waals surface area (Å²) in [6, 6.07) is 6.48. The zero-order chi connectivity index (χ0) is 25.4. The molecule has 5 nitrogen and oxygen atoms in total. The number of benzene rings is 2. The van der Waals surface area contributed by atoms with E-state index in [1.165, 1.54) is 12.1 Å². The number of alkyl halides is 3. The molecule has 180 valence electrons. The first kappa shape index (κ1) is 25.4. The van der Waals surface area contributed by atoms with Crippen LogP contribution in [-0.2, 0) is 11.0 Å². The summed E-state index contributed by atoms with van der Waals surface area (Å²) in [5, 5.41) is 19.8. The van der Waals surface area contributed by atoms with Crippen LogP contribution < -0.4 is 5.32 Å². The van der Waals surface area contributed by atoms with E-state index in [2.05, 4.69) is 5.32 Å². The molecule has 0 heterocycles. The van der Waals surface area contributed by atoms with Gasteiger partial charge in [-0.1, -0.05) is 43.7 Å². The molecular formula is C24H21ClF4N2O3. The van der Waals surface area contributed by atoms with Crippen LogP contribution in [0.2, 0.25) is 5.02 Å². The van der Waals surface area contributed by atoms with Crippen LogP contribution in [0.3, 0.4) is 0 Å². The molecule has 2 aromatic rings.